The average molecular weight is 1310 g/mol. The van der Waals surface area contributed by atoms with E-state index in [1.807, 2.05) is 109 Å². The van der Waals surface area contributed by atoms with Crippen molar-refractivity contribution in [2.24, 2.45) is 0 Å². The van der Waals surface area contributed by atoms with Gasteiger partial charge >= 0.3 is 0 Å². The minimum absolute atomic E-state index is 0.521. The van der Waals surface area contributed by atoms with Crippen LogP contribution in [0, 0.1) is 20.8 Å². The molecule has 480 valence electrons. The van der Waals surface area contributed by atoms with Crippen LogP contribution in [-0.4, -0.2) is 58.6 Å². The molecule has 0 aliphatic carbocycles. The lowest BCUT2D eigenvalue weighted by molar-refractivity contribution is 1.05. The smallest absolute Gasteiger partial charge is 0.164 e. The Bertz CT molecular complexity index is 5700. The Morgan fingerprint density at radius 1 is 0.176 bits per heavy atom. The van der Waals surface area contributed by atoms with Gasteiger partial charge < -0.3 is 0 Å². The van der Waals surface area contributed by atoms with Crippen molar-refractivity contribution >= 4 is 65.4 Å². The number of fused-ring (bicyclic) bond motifs is 9. The first-order chi connectivity index (χ1) is 50.2. The molecule has 0 amide bonds. The zero-order valence-electron chi connectivity index (χ0n) is 55.8. The van der Waals surface area contributed by atoms with Crippen LogP contribution >= 0.6 is 0 Å². The van der Waals surface area contributed by atoms with Crippen molar-refractivity contribution in [3.63, 3.8) is 0 Å². The molecule has 0 saturated carbocycles. The Kier molecular flexibility index (Phi) is 14.2. The first kappa shape index (κ1) is 59.5. The molecule has 0 atom stereocenters. The fourth-order valence-electron chi connectivity index (χ4n) is 14.4. The summed E-state index contributed by atoms with van der Waals surface area (Å²) in [6, 6.07) is 107. The molecule has 0 spiro atoms. The van der Waals surface area contributed by atoms with Crippen LogP contribution in [0.15, 0.2) is 309 Å². The second kappa shape index (κ2) is 24.4. The number of hydrogen-bond acceptors (Lipinski definition) is 9. The molecule has 12 nitrogen and oxygen atoms in total. The van der Waals surface area contributed by atoms with Gasteiger partial charge in [0.1, 0.15) is 17.5 Å². The molecule has 0 fully saturated rings. The highest BCUT2D eigenvalue weighted by Gasteiger charge is 2.24. The first-order valence-corrected chi connectivity index (χ1v) is 34.2. The Labute approximate surface area is 587 Å². The van der Waals surface area contributed by atoms with Gasteiger partial charge in [0, 0.05) is 101 Å². The summed E-state index contributed by atoms with van der Waals surface area (Å²) >= 11 is 0. The monoisotopic (exact) mass is 1310 g/mol. The van der Waals surface area contributed by atoms with Crippen LogP contribution in [-0.2, 0) is 0 Å². The largest absolute Gasteiger partial charge is 0.294 e. The Morgan fingerprint density at radius 2 is 0.392 bits per heavy atom. The quantitative estimate of drug-likeness (QED) is 0.117. The fourth-order valence-corrected chi connectivity index (χ4v) is 14.4. The third-order valence-electron chi connectivity index (χ3n) is 19.3. The summed E-state index contributed by atoms with van der Waals surface area (Å²) in [7, 11) is 0. The van der Waals surface area contributed by atoms with E-state index in [4.69, 9.17) is 44.9 Å². The zero-order valence-corrected chi connectivity index (χ0v) is 55.8. The molecule has 0 aliphatic heterocycles. The molecule has 7 aromatic heterocycles. The molecular formula is C90H60N12. The van der Waals surface area contributed by atoms with E-state index < -0.39 is 0 Å². The Balaban J connectivity index is 0.823. The molecule has 0 aliphatic rings. The van der Waals surface area contributed by atoms with Gasteiger partial charge in [0.05, 0.1) is 50.2 Å². The third kappa shape index (κ3) is 10.5. The Hall–Kier alpha value is -13.7. The van der Waals surface area contributed by atoms with Crippen LogP contribution in [0.3, 0.4) is 0 Å². The maximum atomic E-state index is 5.56. The molecule has 12 aromatic carbocycles. The highest BCUT2D eigenvalue weighted by molar-refractivity contribution is 6.13. The lowest BCUT2D eigenvalue weighted by atomic mass is 10.1. The van der Waals surface area contributed by atoms with Crippen LogP contribution in [0.4, 0.5) is 0 Å². The van der Waals surface area contributed by atoms with Crippen molar-refractivity contribution in [2.45, 2.75) is 20.8 Å². The van der Waals surface area contributed by atoms with E-state index in [-0.39, 0.29) is 0 Å². The van der Waals surface area contributed by atoms with Gasteiger partial charge in [0.2, 0.25) is 0 Å². The van der Waals surface area contributed by atoms with Crippen molar-refractivity contribution in [1.29, 1.82) is 0 Å². The molecule has 0 unspecified atom stereocenters. The molecule has 7 heterocycles. The lowest BCUT2D eigenvalue weighted by Gasteiger charge is -2.13. The van der Waals surface area contributed by atoms with Crippen LogP contribution in [0.5, 0.6) is 0 Å². The number of benzene rings is 12. The highest BCUT2D eigenvalue weighted by Crippen LogP contribution is 2.42. The second-order valence-electron chi connectivity index (χ2n) is 26.1. The lowest BCUT2D eigenvalue weighted by Crippen LogP contribution is -2.03. The third-order valence-corrected chi connectivity index (χ3v) is 19.3. The van der Waals surface area contributed by atoms with Crippen LogP contribution in [0.25, 0.3) is 185 Å². The molecular weight excluding hydrogens is 1250 g/mol. The summed E-state index contributed by atoms with van der Waals surface area (Å²) < 4.78 is 6.79. The molecule has 19 rings (SSSR count). The van der Waals surface area contributed by atoms with E-state index in [0.717, 1.165) is 167 Å². The normalized spacial score (nSPS) is 11.7. The number of nitrogens with zero attached hydrogens (tertiary/aromatic N) is 12. The van der Waals surface area contributed by atoms with Gasteiger partial charge in [-0.1, -0.05) is 217 Å². The standard InChI is InChI=1S/C90H60N12/c1-55-34-40-76-67(46-55)70-49-64(37-43-79(70)100(76)82-52-73(58-22-10-4-11-23-58)91-85(94-82)61-28-16-7-17-29-61)88-97-89(65-38-44-80-71(50-65)68-47-56(2)35-41-77(68)101(80)83-53-74(59-24-12-5-13-25-59)92-86(95-83)62-30-18-8-19-31-62)99-90(98-88)66-39-45-81-72(51-66)69-48-57(3)36-42-78(69)102(81)84-54-75(60-26-14-6-15-27-60)93-87(96-84)63-32-20-9-21-33-63/h4-54H,1-3H3. The topological polar surface area (TPSA) is 131 Å². The summed E-state index contributed by atoms with van der Waals surface area (Å²) in [6.45, 7) is 6.42. The molecule has 19 aromatic rings. The Morgan fingerprint density at radius 3 is 0.647 bits per heavy atom. The van der Waals surface area contributed by atoms with Gasteiger partial charge in [-0.15, -0.1) is 0 Å². The van der Waals surface area contributed by atoms with Gasteiger partial charge in [-0.3, -0.25) is 13.7 Å². The van der Waals surface area contributed by atoms with E-state index >= 15 is 0 Å². The number of aromatic nitrogens is 12. The van der Waals surface area contributed by atoms with Crippen molar-refractivity contribution in [3.8, 4) is 120 Å². The first-order valence-electron chi connectivity index (χ1n) is 34.2. The van der Waals surface area contributed by atoms with E-state index in [2.05, 4.69) is 235 Å². The molecule has 0 radical (unpaired) electrons. The van der Waals surface area contributed by atoms with E-state index in [1.165, 1.54) is 0 Å². The summed E-state index contributed by atoms with van der Waals surface area (Å²) in [5.41, 5.74) is 20.1. The molecule has 102 heavy (non-hydrogen) atoms. The van der Waals surface area contributed by atoms with Crippen LogP contribution in [0.2, 0.25) is 0 Å². The van der Waals surface area contributed by atoms with Crippen LogP contribution < -0.4 is 0 Å². The molecule has 0 saturated heterocycles. The highest BCUT2D eigenvalue weighted by atomic mass is 15.1. The number of aryl methyl sites for hydroxylation is 3. The summed E-state index contributed by atoms with van der Waals surface area (Å²) in [6.07, 6.45) is 0. The zero-order chi connectivity index (χ0) is 67.9. The van der Waals surface area contributed by atoms with Crippen LogP contribution in [0.1, 0.15) is 16.7 Å². The average Bonchev–Trinajstić information content (AvgIpc) is 1.59. The second-order valence-corrected chi connectivity index (χ2v) is 26.1. The number of rotatable bonds is 12. The minimum Gasteiger partial charge on any atom is -0.294 e. The van der Waals surface area contributed by atoms with Gasteiger partial charge in [-0.05, 0) is 112 Å². The SMILES string of the molecule is Cc1ccc2c(c1)c1cc(-c3nc(-c4ccc5c(c4)c4cc(C)ccc4n5-c4cc(-c5ccccc5)nc(-c5ccccc5)n4)nc(-c4ccc5c(c4)c4cc(C)ccc4n5-c4cc(-c5ccccc5)nc(-c5ccccc5)n4)n3)ccc1n2-c1cc(-c2ccccc2)nc(-c2ccccc2)n1. The summed E-state index contributed by atoms with van der Waals surface area (Å²) in [5, 5.41) is 6.29. The minimum atomic E-state index is 0.521. The molecule has 0 bridgehead atoms. The van der Waals surface area contributed by atoms with Gasteiger partial charge in [0.25, 0.3) is 0 Å². The maximum absolute atomic E-state index is 5.56. The predicted molar refractivity (Wildman–Crippen MR) is 413 cm³/mol. The maximum Gasteiger partial charge on any atom is 0.164 e. The van der Waals surface area contributed by atoms with Crippen molar-refractivity contribution in [1.82, 2.24) is 58.6 Å². The van der Waals surface area contributed by atoms with Gasteiger partial charge in [-0.2, -0.15) is 0 Å². The van der Waals surface area contributed by atoms with E-state index in [9.17, 15) is 0 Å². The molecule has 12 heteroatoms. The van der Waals surface area contributed by atoms with E-state index in [1.54, 1.807) is 0 Å². The number of hydrogen-bond donors (Lipinski definition) is 0. The van der Waals surface area contributed by atoms with Crippen molar-refractivity contribution in [3.05, 3.63) is 326 Å². The van der Waals surface area contributed by atoms with Gasteiger partial charge in [-0.25, -0.2) is 44.9 Å². The predicted octanol–water partition coefficient (Wildman–Crippen LogP) is 21.5. The van der Waals surface area contributed by atoms with Crippen molar-refractivity contribution < 1.29 is 0 Å². The van der Waals surface area contributed by atoms with E-state index in [0.29, 0.717) is 34.9 Å². The summed E-state index contributed by atoms with van der Waals surface area (Å²) in [4.78, 5) is 48.3. The molecule has 0 N–H and O–H groups in total. The summed E-state index contributed by atoms with van der Waals surface area (Å²) in [5.74, 6) is 5.74. The fraction of sp³-hybridized carbons (Fsp3) is 0.0333. The van der Waals surface area contributed by atoms with Gasteiger partial charge in [0.15, 0.2) is 34.9 Å². The van der Waals surface area contributed by atoms with Crippen molar-refractivity contribution in [2.75, 3.05) is 0 Å².